The van der Waals surface area contributed by atoms with Gasteiger partial charge in [-0.25, -0.2) is 4.79 Å². The molecule has 2 heterocycles. The molecule has 2 aliphatic carbocycles. The van der Waals surface area contributed by atoms with E-state index in [1.807, 2.05) is 10.6 Å². The molecule has 1 fully saturated rings. The van der Waals surface area contributed by atoms with Crippen LogP contribution >= 0.6 is 27.3 Å². The molecule has 3 aromatic rings. The minimum absolute atomic E-state index is 0.0968. The summed E-state index contributed by atoms with van der Waals surface area (Å²) in [6.45, 7) is 0. The molecular weight excluding hydrogens is 470 g/mol. The summed E-state index contributed by atoms with van der Waals surface area (Å²) < 4.78 is 7.64. The molecular formula is C22H18BrNO5S. The number of aromatic carboxylic acids is 1. The number of hydrogen-bond acceptors (Lipinski definition) is 5. The first-order valence-corrected chi connectivity index (χ1v) is 11.4. The number of ketones is 1. The monoisotopic (exact) mass is 487 g/mol. The average molecular weight is 488 g/mol. The number of pyridine rings is 1. The zero-order valence-electron chi connectivity index (χ0n) is 16.1. The Hall–Kier alpha value is -2.45. The number of methoxy groups -OCH3 is 1. The molecule has 0 radical (unpaired) electrons. The van der Waals surface area contributed by atoms with E-state index in [1.54, 1.807) is 30.6 Å². The number of carboxylic acids is 1. The molecule has 0 aliphatic heterocycles. The Kier molecular flexibility index (Phi) is 4.59. The van der Waals surface area contributed by atoms with Gasteiger partial charge in [0, 0.05) is 33.1 Å². The second-order valence-electron chi connectivity index (χ2n) is 7.68. The highest BCUT2D eigenvalue weighted by Crippen LogP contribution is 2.45. The summed E-state index contributed by atoms with van der Waals surface area (Å²) in [5.41, 5.74) is 1.42. The third-order valence-corrected chi connectivity index (χ3v) is 7.87. The number of ether oxygens (including phenoxy) is 1. The molecule has 8 heteroatoms. The number of fused-ring (bicyclic) bond motifs is 2. The number of carbonyl (C=O) groups is 2. The minimum Gasteiger partial charge on any atom is -0.494 e. The van der Waals surface area contributed by atoms with E-state index in [4.69, 9.17) is 4.74 Å². The van der Waals surface area contributed by atoms with E-state index >= 15 is 0 Å². The van der Waals surface area contributed by atoms with Crippen molar-refractivity contribution in [3.05, 3.63) is 50.6 Å². The Morgan fingerprint density at radius 3 is 2.67 bits per heavy atom. The van der Waals surface area contributed by atoms with E-state index in [-0.39, 0.29) is 22.2 Å². The lowest BCUT2D eigenvalue weighted by molar-refractivity contribution is 0.0694. The number of carboxylic acid groups (broad SMARTS) is 1. The summed E-state index contributed by atoms with van der Waals surface area (Å²) in [5.74, 6) is -0.595. The average Bonchev–Trinajstić information content (AvgIpc) is 3.48. The molecule has 6 nitrogen and oxygen atoms in total. The summed E-state index contributed by atoms with van der Waals surface area (Å²) in [4.78, 5) is 38.8. The maximum atomic E-state index is 12.8. The van der Waals surface area contributed by atoms with Crippen LogP contribution in [0.15, 0.2) is 29.2 Å². The van der Waals surface area contributed by atoms with Gasteiger partial charge in [0.05, 0.1) is 22.8 Å². The van der Waals surface area contributed by atoms with Gasteiger partial charge < -0.3 is 14.4 Å². The second kappa shape index (κ2) is 7.06. The quantitative estimate of drug-likeness (QED) is 0.540. The van der Waals surface area contributed by atoms with Gasteiger partial charge in [-0.1, -0.05) is 15.9 Å². The summed E-state index contributed by atoms with van der Waals surface area (Å²) in [7, 11) is 1.55. The Bertz CT molecular complexity index is 1290. The molecule has 0 saturated heterocycles. The van der Waals surface area contributed by atoms with Crippen LogP contribution in [0.1, 0.15) is 50.9 Å². The first kappa shape index (κ1) is 19.5. The number of carbonyl (C=O) groups excluding carboxylic acids is 1. The fourth-order valence-electron chi connectivity index (χ4n) is 4.13. The van der Waals surface area contributed by atoms with E-state index in [1.165, 1.54) is 6.20 Å². The van der Waals surface area contributed by atoms with Crippen molar-refractivity contribution in [1.82, 2.24) is 4.57 Å². The fourth-order valence-corrected chi connectivity index (χ4v) is 5.80. The standard InChI is InChI=1S/C22H18BrNO5S/c1-29-21-11(17-8-13-16(30-17)7-6-15(23)20(13)26)4-5-12-18(21)24(10-2-3-10)9-14(19(12)25)22(27)28/h4-5,8-10,15H,2-3,6-7H2,1H3,(H,27,28). The first-order chi connectivity index (χ1) is 14.4. The molecule has 1 saturated carbocycles. The molecule has 5 rings (SSSR count). The summed E-state index contributed by atoms with van der Waals surface area (Å²) in [6.07, 6.45) is 4.92. The Morgan fingerprint density at radius 2 is 2.00 bits per heavy atom. The number of alkyl halides is 1. The lowest BCUT2D eigenvalue weighted by Crippen LogP contribution is -2.20. The zero-order valence-corrected chi connectivity index (χ0v) is 18.5. The highest BCUT2D eigenvalue weighted by Gasteiger charge is 2.31. The summed E-state index contributed by atoms with van der Waals surface area (Å²) in [5, 5.41) is 9.81. The number of halogens is 1. The van der Waals surface area contributed by atoms with E-state index in [2.05, 4.69) is 15.9 Å². The fraction of sp³-hybridized carbons (Fsp3) is 0.318. The lowest BCUT2D eigenvalue weighted by atomic mass is 9.97. The number of thiophene rings is 1. The van der Waals surface area contributed by atoms with Crippen molar-refractivity contribution in [2.24, 2.45) is 0 Å². The van der Waals surface area contributed by atoms with E-state index in [0.717, 1.165) is 46.6 Å². The van der Waals surface area contributed by atoms with Crippen LogP contribution in [0.2, 0.25) is 0 Å². The number of Topliss-reactive ketones (excluding diaryl/α,β-unsaturated/α-hetero) is 1. The molecule has 2 aliphatic rings. The second-order valence-corrected chi connectivity index (χ2v) is 9.92. The molecule has 0 spiro atoms. The van der Waals surface area contributed by atoms with Gasteiger partial charge in [-0.05, 0) is 43.9 Å². The van der Waals surface area contributed by atoms with Crippen LogP contribution in [0, 0.1) is 0 Å². The van der Waals surface area contributed by atoms with Gasteiger partial charge in [0.2, 0.25) is 5.43 Å². The highest BCUT2D eigenvalue weighted by molar-refractivity contribution is 9.10. The van der Waals surface area contributed by atoms with E-state index in [9.17, 15) is 19.5 Å². The number of aryl methyl sites for hydroxylation is 1. The molecule has 30 heavy (non-hydrogen) atoms. The maximum Gasteiger partial charge on any atom is 0.341 e. The van der Waals surface area contributed by atoms with Gasteiger partial charge >= 0.3 is 5.97 Å². The van der Waals surface area contributed by atoms with Gasteiger partial charge in [0.25, 0.3) is 0 Å². The van der Waals surface area contributed by atoms with Crippen molar-refractivity contribution in [3.63, 3.8) is 0 Å². The highest BCUT2D eigenvalue weighted by atomic mass is 79.9. The Labute approximate surface area is 184 Å². The van der Waals surface area contributed by atoms with Crippen LogP contribution in [-0.4, -0.2) is 33.4 Å². The summed E-state index contributed by atoms with van der Waals surface area (Å²) >= 11 is 5.02. The normalized spacial score (nSPS) is 18.5. The van der Waals surface area contributed by atoms with Gasteiger partial charge in [-0.15, -0.1) is 11.3 Å². The lowest BCUT2D eigenvalue weighted by Gasteiger charge is -2.17. The van der Waals surface area contributed by atoms with Crippen molar-refractivity contribution < 1.29 is 19.4 Å². The molecule has 1 N–H and O–H groups in total. The van der Waals surface area contributed by atoms with Crippen LogP contribution in [0.3, 0.4) is 0 Å². The number of hydrogen-bond donors (Lipinski definition) is 1. The van der Waals surface area contributed by atoms with E-state index in [0.29, 0.717) is 16.7 Å². The molecule has 0 amide bonds. The predicted molar refractivity (Wildman–Crippen MR) is 119 cm³/mol. The van der Waals surface area contributed by atoms with Crippen molar-refractivity contribution >= 4 is 49.9 Å². The Morgan fingerprint density at radius 1 is 1.23 bits per heavy atom. The molecule has 1 atom stereocenters. The van der Waals surface area contributed by atoms with Crippen LogP contribution < -0.4 is 10.2 Å². The zero-order chi connectivity index (χ0) is 21.2. The number of nitrogens with zero attached hydrogens (tertiary/aromatic N) is 1. The number of benzene rings is 1. The first-order valence-electron chi connectivity index (χ1n) is 9.71. The largest absolute Gasteiger partial charge is 0.494 e. The van der Waals surface area contributed by atoms with Crippen molar-refractivity contribution in [1.29, 1.82) is 0 Å². The van der Waals surface area contributed by atoms with Gasteiger partial charge in [0.15, 0.2) is 11.5 Å². The third kappa shape index (κ3) is 2.93. The van der Waals surface area contributed by atoms with Crippen molar-refractivity contribution in [2.75, 3.05) is 7.11 Å². The van der Waals surface area contributed by atoms with Gasteiger partial charge in [-0.2, -0.15) is 0 Å². The molecule has 2 aromatic heterocycles. The predicted octanol–water partition coefficient (Wildman–Crippen LogP) is 4.66. The topological polar surface area (TPSA) is 85.6 Å². The molecule has 1 aromatic carbocycles. The van der Waals surface area contributed by atoms with Crippen molar-refractivity contribution in [2.45, 2.75) is 36.6 Å². The minimum atomic E-state index is -1.23. The maximum absolute atomic E-state index is 12.8. The van der Waals surface area contributed by atoms with Crippen molar-refractivity contribution in [3.8, 4) is 16.2 Å². The Balaban J connectivity index is 1.78. The smallest absolute Gasteiger partial charge is 0.341 e. The van der Waals surface area contributed by atoms with Crippen LogP contribution in [0.5, 0.6) is 5.75 Å². The molecule has 1 unspecified atom stereocenters. The van der Waals surface area contributed by atoms with Crippen LogP contribution in [-0.2, 0) is 6.42 Å². The van der Waals surface area contributed by atoms with Crippen LogP contribution in [0.4, 0.5) is 0 Å². The number of rotatable bonds is 4. The SMILES string of the molecule is COc1c(-c2cc3c(s2)CCC(Br)C3=O)ccc2c(=O)c(C(=O)O)cn(C3CC3)c12. The van der Waals surface area contributed by atoms with Crippen LogP contribution in [0.25, 0.3) is 21.3 Å². The third-order valence-electron chi connectivity index (χ3n) is 5.77. The van der Waals surface area contributed by atoms with Gasteiger partial charge in [0.1, 0.15) is 5.56 Å². The van der Waals surface area contributed by atoms with Gasteiger partial charge in [-0.3, -0.25) is 9.59 Å². The number of aromatic nitrogens is 1. The molecule has 154 valence electrons. The van der Waals surface area contributed by atoms with E-state index < -0.39 is 11.4 Å². The summed E-state index contributed by atoms with van der Waals surface area (Å²) in [6, 6.07) is 5.53. The molecule has 0 bridgehead atoms.